The first-order valence-electron chi connectivity index (χ1n) is 22.7. The van der Waals surface area contributed by atoms with Gasteiger partial charge in [0.05, 0.1) is 18.2 Å². The molecular weight excluding hydrogens is 850 g/mol. The quantitative estimate of drug-likeness (QED) is 0.144. The fraction of sp³-hybridized carbons (Fsp3) is 0.500. The summed E-state index contributed by atoms with van der Waals surface area (Å²) in [5.74, 6) is -3.86. The number of carbonyl (C=O) groups is 6. The number of amides is 4. The highest BCUT2D eigenvalue weighted by atomic mass is 19.1. The lowest BCUT2D eigenvalue weighted by atomic mass is 9.44. The maximum atomic E-state index is 17.8. The van der Waals surface area contributed by atoms with Crippen LogP contribution in [-0.2, 0) is 38.2 Å². The van der Waals surface area contributed by atoms with Crippen LogP contribution in [0.1, 0.15) is 96.6 Å². The average Bonchev–Trinajstić information content (AvgIpc) is 3.91. The Morgan fingerprint density at radius 2 is 1.73 bits per heavy atom. The Balaban J connectivity index is 0.850. The summed E-state index contributed by atoms with van der Waals surface area (Å²) in [5.41, 5.74) is -2.01. The zero-order valence-electron chi connectivity index (χ0n) is 37.8. The number of Topliss-reactive ketones (excluding diaryl/α,β-unsaturated/α-hetero) is 2. The van der Waals surface area contributed by atoms with Gasteiger partial charge in [-0.15, -0.1) is 0 Å². The van der Waals surface area contributed by atoms with Gasteiger partial charge < -0.3 is 35.6 Å². The number of rotatable bonds is 15. The van der Waals surface area contributed by atoms with Gasteiger partial charge in [-0.2, -0.15) is 0 Å². The van der Waals surface area contributed by atoms with E-state index in [9.17, 15) is 39.0 Å². The Kier molecular flexibility index (Phi) is 12.4. The molecule has 15 nitrogen and oxygen atoms in total. The van der Waals surface area contributed by atoms with Crippen molar-refractivity contribution < 1.29 is 52.8 Å². The number of hydrogen-bond donors (Lipinski definition) is 5. The molecule has 4 fully saturated rings. The summed E-state index contributed by atoms with van der Waals surface area (Å²) in [6.07, 6.45) is 7.37. The first-order chi connectivity index (χ1) is 31.2. The molecule has 1 saturated heterocycles. The fourth-order valence-electron chi connectivity index (χ4n) is 11.7. The number of halogens is 1. The normalized spacial score (nSPS) is 33.2. The minimum Gasteiger partial charge on any atom is -0.390 e. The molecule has 350 valence electrons. The van der Waals surface area contributed by atoms with E-state index in [2.05, 4.69) is 27.5 Å². The van der Waals surface area contributed by atoms with Gasteiger partial charge >= 0.3 is 0 Å². The van der Waals surface area contributed by atoms with Crippen LogP contribution in [0.4, 0.5) is 15.9 Å². The molecule has 0 unspecified atom stereocenters. The van der Waals surface area contributed by atoms with Crippen LogP contribution in [0.15, 0.2) is 90.7 Å². The molecule has 0 spiro atoms. The second-order valence-electron chi connectivity index (χ2n) is 19.3. The largest absolute Gasteiger partial charge is 0.390 e. The topological polar surface area (TPSA) is 214 Å². The van der Waals surface area contributed by atoms with Crippen molar-refractivity contribution in [2.75, 3.05) is 23.8 Å². The number of benzene rings is 1. The second-order valence-corrected chi connectivity index (χ2v) is 19.3. The van der Waals surface area contributed by atoms with E-state index in [1.165, 1.54) is 6.92 Å². The van der Waals surface area contributed by atoms with Crippen LogP contribution in [-0.4, -0.2) is 98.0 Å². The smallest absolute Gasteiger partial charge is 0.253 e. The number of imide groups is 1. The van der Waals surface area contributed by atoms with Gasteiger partial charge in [0.25, 0.3) is 11.8 Å². The van der Waals surface area contributed by atoms with Gasteiger partial charge in [0.2, 0.25) is 11.8 Å². The molecule has 4 amide bonds. The molecule has 16 heteroatoms. The molecule has 4 aliphatic carbocycles. The van der Waals surface area contributed by atoms with Crippen LogP contribution >= 0.6 is 0 Å². The lowest BCUT2D eigenvalue weighted by Gasteiger charge is -2.62. The average molecular weight is 908 g/mol. The number of anilines is 2. The Hall–Kier alpha value is -5.68. The van der Waals surface area contributed by atoms with E-state index in [1.807, 2.05) is 51.1 Å². The number of carbonyl (C=O) groups excluding carboxylic acids is 6. The lowest BCUT2D eigenvalue weighted by Crippen LogP contribution is -2.69. The summed E-state index contributed by atoms with van der Waals surface area (Å²) in [7, 11) is 0. The third-order valence-electron chi connectivity index (χ3n) is 15.4. The van der Waals surface area contributed by atoms with Gasteiger partial charge in [-0.1, -0.05) is 56.4 Å². The number of ether oxygens (including phenoxy) is 2. The van der Waals surface area contributed by atoms with Gasteiger partial charge in [-0.25, -0.2) is 9.37 Å². The summed E-state index contributed by atoms with van der Waals surface area (Å²) < 4.78 is 31.0. The van der Waals surface area contributed by atoms with E-state index in [-0.39, 0.29) is 49.5 Å². The number of pyridine rings is 1. The number of aliphatic hydroxyl groups excluding tert-OH is 2. The van der Waals surface area contributed by atoms with Crippen molar-refractivity contribution in [1.29, 1.82) is 0 Å². The van der Waals surface area contributed by atoms with Gasteiger partial charge in [0.1, 0.15) is 12.4 Å². The summed E-state index contributed by atoms with van der Waals surface area (Å²) >= 11 is 0. The first kappa shape index (κ1) is 46.8. The molecule has 0 bridgehead atoms. The number of nitrogens with zero attached hydrogens (tertiary/aromatic N) is 2. The number of hydrogen-bond acceptors (Lipinski definition) is 12. The van der Waals surface area contributed by atoms with E-state index in [1.54, 1.807) is 37.4 Å². The van der Waals surface area contributed by atoms with Crippen molar-refractivity contribution in [1.82, 2.24) is 15.2 Å². The van der Waals surface area contributed by atoms with Crippen molar-refractivity contribution in [3.8, 4) is 0 Å². The first-order valence-corrected chi connectivity index (χ1v) is 22.7. The van der Waals surface area contributed by atoms with Gasteiger partial charge in [-0.3, -0.25) is 33.7 Å². The monoisotopic (exact) mass is 907 g/mol. The molecule has 12 atom stereocenters. The van der Waals surface area contributed by atoms with Crippen molar-refractivity contribution in [3.05, 3.63) is 102 Å². The third-order valence-corrected chi connectivity index (χ3v) is 15.4. The summed E-state index contributed by atoms with van der Waals surface area (Å²) in [6.45, 7) is 11.9. The molecule has 5 N–H and O–H groups in total. The van der Waals surface area contributed by atoms with E-state index in [0.717, 1.165) is 33.8 Å². The van der Waals surface area contributed by atoms with Gasteiger partial charge in [0, 0.05) is 77.7 Å². The van der Waals surface area contributed by atoms with Crippen molar-refractivity contribution in [2.24, 2.45) is 28.6 Å². The molecule has 0 radical (unpaired) electrons. The van der Waals surface area contributed by atoms with Crippen LogP contribution in [0.3, 0.4) is 0 Å². The lowest BCUT2D eigenvalue weighted by molar-refractivity contribution is -0.231. The van der Waals surface area contributed by atoms with E-state index < -0.39 is 88.6 Å². The molecule has 6 aliphatic rings. The maximum Gasteiger partial charge on any atom is 0.253 e. The molecular formula is C50H58FN5O10. The second kappa shape index (κ2) is 17.5. The number of alkyl halides is 1. The summed E-state index contributed by atoms with van der Waals surface area (Å²) in [5, 5.41) is 31.0. The number of allylic oxidation sites excluding steroid dienone is 5. The number of fused-ring (bicyclic) bond motifs is 7. The predicted molar refractivity (Wildman–Crippen MR) is 240 cm³/mol. The minimum absolute atomic E-state index is 0.0498. The van der Waals surface area contributed by atoms with E-state index in [0.29, 0.717) is 36.3 Å². The Labute approximate surface area is 383 Å². The predicted octanol–water partition coefficient (Wildman–Crippen LogP) is 5.29. The number of aromatic nitrogens is 1. The maximum absolute atomic E-state index is 17.8. The van der Waals surface area contributed by atoms with Gasteiger partial charge in [-0.05, 0) is 87.8 Å². The van der Waals surface area contributed by atoms with Crippen molar-refractivity contribution >= 4 is 46.7 Å². The Bertz CT molecular complexity index is 2420. The molecule has 8 rings (SSSR count). The highest BCUT2D eigenvalue weighted by molar-refractivity contribution is 6.13. The Morgan fingerprint density at radius 3 is 2.39 bits per heavy atom. The fourth-order valence-corrected chi connectivity index (χ4v) is 11.7. The van der Waals surface area contributed by atoms with Gasteiger partial charge in [0.15, 0.2) is 29.1 Å². The molecule has 3 saturated carbocycles. The molecule has 2 aliphatic heterocycles. The zero-order chi connectivity index (χ0) is 47.5. The summed E-state index contributed by atoms with van der Waals surface area (Å²) in [4.78, 5) is 81.1. The highest BCUT2D eigenvalue weighted by Gasteiger charge is 2.79. The van der Waals surface area contributed by atoms with Crippen LogP contribution in [0.2, 0.25) is 0 Å². The zero-order valence-corrected chi connectivity index (χ0v) is 37.8. The highest BCUT2D eigenvalue weighted by Crippen LogP contribution is 2.72. The third kappa shape index (κ3) is 7.74. The van der Waals surface area contributed by atoms with Crippen molar-refractivity contribution in [2.45, 2.75) is 115 Å². The van der Waals surface area contributed by atoms with E-state index in [4.69, 9.17) is 9.47 Å². The number of ketones is 2. The van der Waals surface area contributed by atoms with Crippen molar-refractivity contribution in [3.63, 3.8) is 0 Å². The minimum atomic E-state index is -1.99. The number of nitrogens with one attached hydrogen (secondary N) is 3. The Morgan fingerprint density at radius 1 is 1.02 bits per heavy atom. The molecule has 2 aromatic rings. The van der Waals surface area contributed by atoms with Crippen LogP contribution in [0.25, 0.3) is 0 Å². The molecule has 1 aromatic heterocycles. The van der Waals surface area contributed by atoms with E-state index >= 15 is 4.39 Å². The number of aliphatic hydroxyl groups is 2. The summed E-state index contributed by atoms with van der Waals surface area (Å²) in [6, 6.07) is 9.65. The molecule has 1 aromatic carbocycles. The van der Waals surface area contributed by atoms with Crippen LogP contribution in [0.5, 0.6) is 0 Å². The molecule has 3 heterocycles. The standard InChI is InChI=1S/C50H58FN5O10/c1-27-17-19-47(5)33(21-27)10-13-35-36-23-40-50(39(60)26-57,48(36,6)24-38(59)49(35,47)51)66-46(65-40)32-9-14-41(52-25-32)53-29(3)31-7-11-34(12-8-31)55-45(64)28(2)22-37(58)30(4)54-42(61)18-20-56-43(62)15-16-44(56)63/h7-9,11-12,14-17,19,21,25,28-30,35-36,38,40,46,57,59H,1,10,13,18,20,22-24,26H2,2-6H3,(H,52,53)(H,54,61)(H,55,64)/t28-,29-,30+,35+,36+,38+,40-,46-,47+,48+,49+,50-/m1/s1. The SMILES string of the molecule is C=C1C=C[C@@]2(C)C(=C1)CC[C@H]1[C@@H]3C[C@H]4O[C@@H](c5ccc(N[C@H](C)c6ccc(NC(=O)[C@H](C)CC(=O)[C@H](C)NC(=O)CCN7C(=O)C=CC7=O)cc6)nc5)O[C@@]4(C(=O)CO)[C@@]3(C)C[C@H](O)[C@@]12F. The molecule has 66 heavy (non-hydrogen) atoms. The van der Waals surface area contributed by atoms with Crippen LogP contribution in [0, 0.1) is 28.6 Å². The van der Waals surface area contributed by atoms with Crippen LogP contribution < -0.4 is 16.0 Å².